The van der Waals surface area contributed by atoms with Gasteiger partial charge in [-0.25, -0.2) is 0 Å². The van der Waals surface area contributed by atoms with Gasteiger partial charge in [0, 0.05) is 31.6 Å². The maximum absolute atomic E-state index is 8.01. The highest BCUT2D eigenvalue weighted by atomic mass is 16.5. The third-order valence-corrected chi connectivity index (χ3v) is 4.84. The summed E-state index contributed by atoms with van der Waals surface area (Å²) in [6, 6.07) is 17.8. The minimum Gasteiger partial charge on any atom is -0.493 e. The van der Waals surface area contributed by atoms with Crippen molar-refractivity contribution in [3.63, 3.8) is 0 Å². The molecular weight excluding hydrogens is 364 g/mol. The molecular formula is C24H30N2O3. The van der Waals surface area contributed by atoms with Gasteiger partial charge >= 0.3 is 0 Å². The Morgan fingerprint density at radius 3 is 2.69 bits per heavy atom. The third kappa shape index (κ3) is 7.37. The van der Waals surface area contributed by atoms with Crippen molar-refractivity contribution in [1.82, 2.24) is 4.90 Å². The van der Waals surface area contributed by atoms with Crippen LogP contribution >= 0.6 is 0 Å². The van der Waals surface area contributed by atoms with Crippen LogP contribution in [0.25, 0.3) is 0 Å². The summed E-state index contributed by atoms with van der Waals surface area (Å²) in [4.78, 5) is 2.44. The number of rotatable bonds is 9. The van der Waals surface area contributed by atoms with Gasteiger partial charge in [-0.3, -0.25) is 10.3 Å². The molecule has 0 aliphatic carbocycles. The average Bonchev–Trinajstić information content (AvgIpc) is 2.77. The molecule has 1 heterocycles. The van der Waals surface area contributed by atoms with Crippen LogP contribution in [0.4, 0.5) is 0 Å². The van der Waals surface area contributed by atoms with E-state index >= 15 is 0 Å². The van der Waals surface area contributed by atoms with Gasteiger partial charge in [0.1, 0.15) is 5.75 Å². The van der Waals surface area contributed by atoms with E-state index in [1.165, 1.54) is 5.56 Å². The lowest BCUT2D eigenvalue weighted by Gasteiger charge is -2.26. The molecule has 5 heteroatoms. The fourth-order valence-electron chi connectivity index (χ4n) is 3.19. The largest absolute Gasteiger partial charge is 0.493 e. The lowest BCUT2D eigenvalue weighted by molar-refractivity contribution is 0.0384. The normalized spacial score (nSPS) is 15.1. The van der Waals surface area contributed by atoms with Gasteiger partial charge in [0.25, 0.3) is 0 Å². The molecule has 0 radical (unpaired) electrons. The molecule has 5 nitrogen and oxygen atoms in total. The maximum atomic E-state index is 8.01. The van der Waals surface area contributed by atoms with Crippen molar-refractivity contribution < 1.29 is 14.2 Å². The fraction of sp³-hybridized carbons (Fsp3) is 0.375. The van der Waals surface area contributed by atoms with Crippen molar-refractivity contribution in [2.75, 3.05) is 39.5 Å². The van der Waals surface area contributed by atoms with E-state index in [2.05, 4.69) is 23.1 Å². The zero-order valence-corrected chi connectivity index (χ0v) is 17.1. The Balaban J connectivity index is 1.39. The van der Waals surface area contributed by atoms with Gasteiger partial charge in [-0.15, -0.1) is 0 Å². The van der Waals surface area contributed by atoms with Crippen LogP contribution in [0.2, 0.25) is 0 Å². The van der Waals surface area contributed by atoms with Crippen molar-refractivity contribution in [2.24, 2.45) is 0 Å². The quantitative estimate of drug-likeness (QED) is 0.299. The zero-order chi connectivity index (χ0) is 20.3. The molecule has 2 aromatic carbocycles. The molecule has 0 bridgehead atoms. The van der Waals surface area contributed by atoms with Crippen LogP contribution in [-0.2, 0) is 15.9 Å². The number of allylic oxidation sites excluding steroid dienone is 1. The lowest BCUT2D eigenvalue weighted by Crippen LogP contribution is -2.37. The summed E-state index contributed by atoms with van der Waals surface area (Å²) in [5.41, 5.74) is 2.06. The first-order chi connectivity index (χ1) is 14.2. The Morgan fingerprint density at radius 2 is 1.90 bits per heavy atom. The smallest absolute Gasteiger partial charge is 0.218 e. The Bertz CT molecular complexity index is 799. The molecule has 29 heavy (non-hydrogen) atoms. The summed E-state index contributed by atoms with van der Waals surface area (Å²) in [7, 11) is 0. The second-order valence-electron chi connectivity index (χ2n) is 7.10. The molecule has 0 unspecified atom stereocenters. The number of nitrogens with zero attached hydrogens (tertiary/aromatic N) is 1. The van der Waals surface area contributed by atoms with Gasteiger partial charge in [0.15, 0.2) is 0 Å². The molecule has 1 aliphatic rings. The highest BCUT2D eigenvalue weighted by Gasteiger charge is 2.10. The van der Waals surface area contributed by atoms with Gasteiger partial charge in [0.2, 0.25) is 5.90 Å². The second kappa shape index (κ2) is 11.4. The van der Waals surface area contributed by atoms with Crippen molar-refractivity contribution >= 4 is 5.90 Å². The van der Waals surface area contributed by atoms with Crippen LogP contribution in [0.15, 0.2) is 66.4 Å². The number of ether oxygens (including phenoxy) is 3. The summed E-state index contributed by atoms with van der Waals surface area (Å²) in [6.45, 7) is 7.21. The van der Waals surface area contributed by atoms with Crippen LogP contribution in [0.5, 0.6) is 5.75 Å². The molecule has 0 amide bonds. The standard InChI is InChI=1S/C24H30N2O3/c1-20(29-24(25)22-9-3-2-4-10-22)7-6-16-28-23-11-5-8-21(19-23)12-13-26-14-17-27-18-15-26/h2-5,7-11,19,25H,6,12-18H2,1H3/b20-7+,25-24?. The van der Waals surface area contributed by atoms with Crippen molar-refractivity contribution in [3.8, 4) is 5.75 Å². The predicted octanol–water partition coefficient (Wildman–Crippen LogP) is 4.28. The lowest BCUT2D eigenvalue weighted by atomic mass is 10.1. The first-order valence-corrected chi connectivity index (χ1v) is 10.2. The number of nitrogens with one attached hydrogen (secondary N) is 1. The van der Waals surface area contributed by atoms with Gasteiger partial charge < -0.3 is 14.2 Å². The highest BCUT2D eigenvalue weighted by Crippen LogP contribution is 2.15. The van der Waals surface area contributed by atoms with Crippen LogP contribution in [0.3, 0.4) is 0 Å². The predicted molar refractivity (Wildman–Crippen MR) is 116 cm³/mol. The molecule has 0 saturated carbocycles. The molecule has 1 N–H and O–H groups in total. The van der Waals surface area contributed by atoms with E-state index in [9.17, 15) is 0 Å². The number of morpholine rings is 1. The van der Waals surface area contributed by atoms with E-state index in [1.54, 1.807) is 0 Å². The number of benzene rings is 2. The summed E-state index contributed by atoms with van der Waals surface area (Å²) < 4.78 is 16.9. The number of hydrogen-bond acceptors (Lipinski definition) is 5. The molecule has 1 aliphatic heterocycles. The molecule has 2 aromatic rings. The summed E-state index contributed by atoms with van der Waals surface area (Å²) >= 11 is 0. The Morgan fingerprint density at radius 1 is 1.10 bits per heavy atom. The van der Waals surface area contributed by atoms with Crippen LogP contribution in [-0.4, -0.2) is 50.3 Å². The van der Waals surface area contributed by atoms with Crippen molar-refractivity contribution in [3.05, 3.63) is 77.6 Å². The fourth-order valence-corrected chi connectivity index (χ4v) is 3.19. The molecule has 154 valence electrons. The first-order valence-electron chi connectivity index (χ1n) is 10.2. The number of hydrogen-bond donors (Lipinski definition) is 1. The summed E-state index contributed by atoms with van der Waals surface area (Å²) in [5, 5.41) is 8.01. The first kappa shape index (κ1) is 21.1. The van der Waals surface area contributed by atoms with Crippen molar-refractivity contribution in [1.29, 1.82) is 5.41 Å². The molecule has 0 aromatic heterocycles. The Hall–Kier alpha value is -2.63. The van der Waals surface area contributed by atoms with E-state index in [0.29, 0.717) is 12.4 Å². The van der Waals surface area contributed by atoms with Gasteiger partial charge in [0.05, 0.1) is 25.6 Å². The molecule has 0 spiro atoms. The van der Waals surface area contributed by atoms with E-state index < -0.39 is 0 Å². The highest BCUT2D eigenvalue weighted by molar-refractivity contribution is 5.92. The van der Waals surface area contributed by atoms with E-state index in [4.69, 9.17) is 19.6 Å². The Kier molecular flexibility index (Phi) is 8.28. The zero-order valence-electron chi connectivity index (χ0n) is 17.1. The van der Waals surface area contributed by atoms with Gasteiger partial charge in [-0.2, -0.15) is 0 Å². The van der Waals surface area contributed by atoms with Crippen molar-refractivity contribution in [2.45, 2.75) is 19.8 Å². The maximum Gasteiger partial charge on any atom is 0.218 e. The third-order valence-electron chi connectivity index (χ3n) is 4.84. The average molecular weight is 395 g/mol. The van der Waals surface area contributed by atoms with Gasteiger partial charge in [-0.1, -0.05) is 30.3 Å². The topological polar surface area (TPSA) is 54.8 Å². The molecule has 1 fully saturated rings. The van der Waals surface area contributed by atoms with Crippen LogP contribution in [0.1, 0.15) is 24.5 Å². The monoisotopic (exact) mass is 394 g/mol. The summed E-state index contributed by atoms with van der Waals surface area (Å²) in [6.07, 6.45) is 3.71. The van der Waals surface area contributed by atoms with Crippen LogP contribution < -0.4 is 4.74 Å². The Labute approximate surface area is 173 Å². The van der Waals surface area contributed by atoms with E-state index in [0.717, 1.165) is 57.0 Å². The SMILES string of the molecule is C/C(=C\CCOc1cccc(CCN2CCOCC2)c1)OC(=N)c1ccccc1. The molecule has 1 saturated heterocycles. The molecule has 3 rings (SSSR count). The van der Waals surface area contributed by atoms with E-state index in [1.807, 2.05) is 49.4 Å². The minimum atomic E-state index is 0.160. The summed E-state index contributed by atoms with van der Waals surface area (Å²) in [5.74, 6) is 1.77. The van der Waals surface area contributed by atoms with Gasteiger partial charge in [-0.05, 0) is 49.2 Å². The van der Waals surface area contributed by atoms with E-state index in [-0.39, 0.29) is 5.90 Å². The molecule has 0 atom stereocenters. The van der Waals surface area contributed by atoms with Crippen LogP contribution in [0, 0.1) is 5.41 Å². The minimum absolute atomic E-state index is 0.160. The second-order valence-corrected chi connectivity index (χ2v) is 7.10.